The maximum absolute atomic E-state index is 12.5. The predicted molar refractivity (Wildman–Crippen MR) is 63.7 cm³/mol. The summed E-state index contributed by atoms with van der Waals surface area (Å²) in [6.45, 7) is 0. The van der Waals surface area contributed by atoms with Crippen LogP contribution >= 0.6 is 0 Å². The first kappa shape index (κ1) is 10.3. The van der Waals surface area contributed by atoms with E-state index in [-0.39, 0.29) is 5.91 Å². The lowest BCUT2D eigenvalue weighted by molar-refractivity contribution is -0.122. The zero-order valence-corrected chi connectivity index (χ0v) is 9.48. The van der Waals surface area contributed by atoms with E-state index in [0.717, 1.165) is 36.1 Å². The summed E-state index contributed by atoms with van der Waals surface area (Å²) in [5.41, 5.74) is 6.49. The Bertz CT molecular complexity index is 504. The Hall–Kier alpha value is -1.84. The molecule has 4 nitrogen and oxygen atoms in total. The molecule has 0 bridgehead atoms. The van der Waals surface area contributed by atoms with Gasteiger partial charge in [-0.2, -0.15) is 0 Å². The molecule has 3 rings (SSSR count). The Morgan fingerprint density at radius 1 is 1.24 bits per heavy atom. The van der Waals surface area contributed by atoms with Crippen LogP contribution in [0.2, 0.25) is 0 Å². The van der Waals surface area contributed by atoms with Crippen molar-refractivity contribution in [1.82, 2.24) is 0 Å². The van der Waals surface area contributed by atoms with Crippen LogP contribution in [0.4, 0.5) is 10.5 Å². The number of primary amides is 1. The third kappa shape index (κ3) is 1.18. The van der Waals surface area contributed by atoms with Crippen molar-refractivity contribution in [3.63, 3.8) is 0 Å². The molecule has 1 saturated carbocycles. The monoisotopic (exact) mass is 230 g/mol. The van der Waals surface area contributed by atoms with Crippen molar-refractivity contribution in [3.8, 4) is 0 Å². The van der Waals surface area contributed by atoms with Crippen LogP contribution in [-0.4, -0.2) is 11.9 Å². The molecule has 3 amide bonds. The van der Waals surface area contributed by atoms with Crippen molar-refractivity contribution in [1.29, 1.82) is 0 Å². The lowest BCUT2D eigenvalue weighted by Gasteiger charge is -2.21. The summed E-state index contributed by atoms with van der Waals surface area (Å²) in [5, 5.41) is 0. The molecule has 4 heteroatoms. The molecule has 1 aliphatic carbocycles. The van der Waals surface area contributed by atoms with Gasteiger partial charge in [0, 0.05) is 0 Å². The van der Waals surface area contributed by atoms with Gasteiger partial charge in [-0.05, 0) is 24.5 Å². The molecule has 0 aromatic heterocycles. The fraction of sp³-hybridized carbons (Fsp3) is 0.385. The van der Waals surface area contributed by atoms with Crippen LogP contribution in [0.5, 0.6) is 0 Å². The van der Waals surface area contributed by atoms with E-state index in [1.807, 2.05) is 18.2 Å². The second-order valence-corrected chi connectivity index (χ2v) is 4.79. The summed E-state index contributed by atoms with van der Waals surface area (Å²) in [6.07, 6.45) is 3.72. The molecule has 17 heavy (non-hydrogen) atoms. The highest BCUT2D eigenvalue weighted by Gasteiger charge is 2.53. The van der Waals surface area contributed by atoms with Crippen molar-refractivity contribution in [2.24, 2.45) is 5.73 Å². The molecular weight excluding hydrogens is 216 g/mol. The first-order valence-electron chi connectivity index (χ1n) is 5.90. The lowest BCUT2D eigenvalue weighted by Crippen LogP contribution is -2.44. The van der Waals surface area contributed by atoms with E-state index >= 15 is 0 Å². The Morgan fingerprint density at radius 2 is 1.88 bits per heavy atom. The first-order chi connectivity index (χ1) is 8.17. The Kier molecular flexibility index (Phi) is 2.02. The zero-order chi connectivity index (χ0) is 12.0. The number of hydrogen-bond donors (Lipinski definition) is 1. The minimum Gasteiger partial charge on any atom is -0.351 e. The molecule has 1 aliphatic heterocycles. The summed E-state index contributed by atoms with van der Waals surface area (Å²) in [6, 6.07) is 6.81. The molecule has 1 fully saturated rings. The molecule has 2 N–H and O–H groups in total. The number of benzene rings is 1. The molecule has 1 aromatic carbocycles. The number of urea groups is 1. The van der Waals surface area contributed by atoms with Gasteiger partial charge in [-0.3, -0.25) is 4.79 Å². The van der Waals surface area contributed by atoms with Crippen molar-refractivity contribution < 1.29 is 9.59 Å². The summed E-state index contributed by atoms with van der Waals surface area (Å²) >= 11 is 0. The van der Waals surface area contributed by atoms with Gasteiger partial charge in [0.2, 0.25) is 5.91 Å². The molecule has 0 radical (unpaired) electrons. The van der Waals surface area contributed by atoms with E-state index in [4.69, 9.17) is 5.73 Å². The van der Waals surface area contributed by atoms with Crippen LogP contribution in [-0.2, 0) is 10.2 Å². The molecule has 1 spiro atoms. The van der Waals surface area contributed by atoms with E-state index in [2.05, 4.69) is 0 Å². The van der Waals surface area contributed by atoms with Crippen LogP contribution < -0.4 is 10.6 Å². The number of nitrogens with zero attached hydrogens (tertiary/aromatic N) is 1. The molecule has 2 aliphatic rings. The normalized spacial score (nSPS) is 20.9. The van der Waals surface area contributed by atoms with Crippen molar-refractivity contribution in [2.45, 2.75) is 31.1 Å². The molecular formula is C13H14N2O2. The second-order valence-electron chi connectivity index (χ2n) is 4.79. The van der Waals surface area contributed by atoms with Gasteiger partial charge in [-0.1, -0.05) is 31.0 Å². The van der Waals surface area contributed by atoms with Gasteiger partial charge in [-0.25, -0.2) is 9.69 Å². The van der Waals surface area contributed by atoms with Gasteiger partial charge >= 0.3 is 6.03 Å². The Morgan fingerprint density at radius 3 is 2.53 bits per heavy atom. The van der Waals surface area contributed by atoms with E-state index in [1.54, 1.807) is 6.07 Å². The van der Waals surface area contributed by atoms with Gasteiger partial charge in [0.1, 0.15) is 0 Å². The Labute approximate surface area is 99.4 Å². The number of nitrogens with two attached hydrogens (primary N) is 1. The predicted octanol–water partition coefficient (Wildman–Crippen LogP) is 1.92. The van der Waals surface area contributed by atoms with E-state index in [9.17, 15) is 9.59 Å². The number of imide groups is 1. The van der Waals surface area contributed by atoms with Gasteiger partial charge in [0.05, 0.1) is 11.1 Å². The molecule has 1 heterocycles. The number of carbonyl (C=O) groups is 2. The molecule has 88 valence electrons. The largest absolute Gasteiger partial charge is 0.351 e. The lowest BCUT2D eigenvalue weighted by atomic mass is 9.80. The number of fused-ring (bicyclic) bond motifs is 2. The highest BCUT2D eigenvalue weighted by Crippen LogP contribution is 2.50. The third-order valence-corrected chi connectivity index (χ3v) is 3.95. The summed E-state index contributed by atoms with van der Waals surface area (Å²) in [5.74, 6) is -0.135. The van der Waals surface area contributed by atoms with E-state index in [1.165, 1.54) is 0 Å². The maximum Gasteiger partial charge on any atom is 0.326 e. The molecule has 1 aromatic rings. The van der Waals surface area contributed by atoms with Crippen LogP contribution in [0, 0.1) is 0 Å². The molecule has 0 saturated heterocycles. The number of carbonyl (C=O) groups excluding carboxylic acids is 2. The summed E-state index contributed by atoms with van der Waals surface area (Å²) in [4.78, 5) is 25.0. The SMILES string of the molecule is NC(=O)N1C(=O)C2(CCCC2)c2ccccc21. The maximum atomic E-state index is 12.5. The third-order valence-electron chi connectivity index (χ3n) is 3.95. The Balaban J connectivity index is 2.22. The molecule has 0 unspecified atom stereocenters. The number of rotatable bonds is 0. The highest BCUT2D eigenvalue weighted by atomic mass is 16.2. The fourth-order valence-corrected chi connectivity index (χ4v) is 3.19. The van der Waals surface area contributed by atoms with Crippen LogP contribution in [0.25, 0.3) is 0 Å². The minimum absolute atomic E-state index is 0.135. The second kappa shape index (κ2) is 3.32. The van der Waals surface area contributed by atoms with Crippen LogP contribution in [0.1, 0.15) is 31.2 Å². The van der Waals surface area contributed by atoms with E-state index in [0.29, 0.717) is 5.69 Å². The van der Waals surface area contributed by atoms with Crippen molar-refractivity contribution >= 4 is 17.6 Å². The van der Waals surface area contributed by atoms with Gasteiger partial charge < -0.3 is 5.73 Å². The topological polar surface area (TPSA) is 63.4 Å². The van der Waals surface area contributed by atoms with Crippen LogP contribution in [0.3, 0.4) is 0 Å². The van der Waals surface area contributed by atoms with E-state index < -0.39 is 11.4 Å². The minimum atomic E-state index is -0.675. The number of anilines is 1. The number of amides is 3. The summed E-state index contributed by atoms with van der Waals surface area (Å²) in [7, 11) is 0. The van der Waals surface area contributed by atoms with Gasteiger partial charge in [0.25, 0.3) is 0 Å². The average Bonchev–Trinajstić information content (AvgIpc) is 2.87. The highest BCUT2D eigenvalue weighted by molar-refractivity contribution is 6.22. The zero-order valence-electron chi connectivity index (χ0n) is 9.48. The van der Waals surface area contributed by atoms with Crippen molar-refractivity contribution in [2.75, 3.05) is 4.90 Å². The molecule has 0 atom stereocenters. The van der Waals surface area contributed by atoms with Gasteiger partial charge in [-0.15, -0.1) is 0 Å². The number of para-hydroxylation sites is 1. The quantitative estimate of drug-likeness (QED) is 0.740. The number of hydrogen-bond acceptors (Lipinski definition) is 2. The standard InChI is InChI=1S/C13H14N2O2/c14-12(17)15-10-6-2-1-5-9(10)13(11(15)16)7-3-4-8-13/h1-2,5-6H,3-4,7-8H2,(H2,14,17). The smallest absolute Gasteiger partial charge is 0.326 e. The van der Waals surface area contributed by atoms with Crippen molar-refractivity contribution in [3.05, 3.63) is 29.8 Å². The summed E-state index contributed by atoms with van der Waals surface area (Å²) < 4.78 is 0. The first-order valence-corrected chi connectivity index (χ1v) is 5.90. The van der Waals surface area contributed by atoms with Gasteiger partial charge in [0.15, 0.2) is 0 Å². The average molecular weight is 230 g/mol. The van der Waals surface area contributed by atoms with Crippen LogP contribution in [0.15, 0.2) is 24.3 Å². The fourth-order valence-electron chi connectivity index (χ4n) is 3.19.